The number of benzene rings is 1. The molecule has 0 aliphatic rings. The summed E-state index contributed by atoms with van der Waals surface area (Å²) >= 11 is 3.47. The minimum absolute atomic E-state index is 0.170. The topological polar surface area (TPSA) is 45.0 Å². The molecule has 0 unspecified atom stereocenters. The molecular formula is C14H19BrN2O. The second-order valence-electron chi connectivity index (χ2n) is 5.07. The Morgan fingerprint density at radius 3 is 2.72 bits per heavy atom. The zero-order valence-corrected chi connectivity index (χ0v) is 12.7. The van der Waals surface area contributed by atoms with Gasteiger partial charge in [-0.3, -0.25) is 0 Å². The van der Waals surface area contributed by atoms with E-state index in [0.717, 1.165) is 29.7 Å². The average Bonchev–Trinajstić information content (AvgIpc) is 2.35. The van der Waals surface area contributed by atoms with Crippen molar-refractivity contribution in [3.8, 4) is 6.07 Å². The Morgan fingerprint density at radius 2 is 2.17 bits per heavy atom. The highest BCUT2D eigenvalue weighted by molar-refractivity contribution is 9.10. The number of rotatable bonds is 6. The summed E-state index contributed by atoms with van der Waals surface area (Å²) in [5.74, 6) is 0. The lowest BCUT2D eigenvalue weighted by molar-refractivity contribution is 0.157. The van der Waals surface area contributed by atoms with Crippen LogP contribution in [0.15, 0.2) is 22.7 Å². The van der Waals surface area contributed by atoms with Gasteiger partial charge in [-0.05, 0) is 46.0 Å². The quantitative estimate of drug-likeness (QED) is 0.869. The minimum atomic E-state index is 0.170. The number of hydrogen-bond acceptors (Lipinski definition) is 3. The molecule has 0 heterocycles. The number of nitrogens with one attached hydrogen (secondary N) is 1. The van der Waals surface area contributed by atoms with Gasteiger partial charge < -0.3 is 10.1 Å². The second-order valence-corrected chi connectivity index (χ2v) is 5.92. The molecule has 0 amide bonds. The summed E-state index contributed by atoms with van der Waals surface area (Å²) in [5.41, 5.74) is 1.84. The van der Waals surface area contributed by atoms with Crippen LogP contribution in [0.5, 0.6) is 0 Å². The zero-order chi connectivity index (χ0) is 13.6. The molecule has 1 rings (SSSR count). The highest BCUT2D eigenvalue weighted by atomic mass is 79.9. The summed E-state index contributed by atoms with van der Waals surface area (Å²) in [6.07, 6.45) is 1.00. The Balaban J connectivity index is 2.61. The molecule has 0 aliphatic heterocycles. The van der Waals surface area contributed by atoms with Crippen LogP contribution in [-0.4, -0.2) is 20.3 Å². The number of ether oxygens (including phenoxy) is 1. The van der Waals surface area contributed by atoms with Crippen molar-refractivity contribution in [1.29, 1.82) is 5.26 Å². The van der Waals surface area contributed by atoms with Crippen LogP contribution in [0.4, 0.5) is 5.69 Å². The van der Waals surface area contributed by atoms with Gasteiger partial charge in [-0.1, -0.05) is 13.8 Å². The monoisotopic (exact) mass is 310 g/mol. The van der Waals surface area contributed by atoms with E-state index in [2.05, 4.69) is 41.2 Å². The van der Waals surface area contributed by atoms with Crippen LogP contribution in [0.25, 0.3) is 0 Å². The standard InChI is InChI=1S/C14H19BrN2O/c1-14(2,6-7-18-3)10-17-13-5-4-11(9-16)8-12(13)15/h4-5,8,17H,6-7,10H2,1-3H3. The van der Waals surface area contributed by atoms with E-state index in [1.807, 2.05) is 18.2 Å². The largest absolute Gasteiger partial charge is 0.385 e. The van der Waals surface area contributed by atoms with Crippen molar-refractivity contribution in [2.24, 2.45) is 5.41 Å². The first kappa shape index (κ1) is 15.0. The van der Waals surface area contributed by atoms with Crippen LogP contribution in [0.3, 0.4) is 0 Å². The lowest BCUT2D eigenvalue weighted by Crippen LogP contribution is -2.24. The van der Waals surface area contributed by atoms with Crippen molar-refractivity contribution in [1.82, 2.24) is 0 Å². The highest BCUT2D eigenvalue weighted by Crippen LogP contribution is 2.26. The van der Waals surface area contributed by atoms with Gasteiger partial charge in [0.25, 0.3) is 0 Å². The maximum absolute atomic E-state index is 8.80. The molecule has 0 saturated carbocycles. The summed E-state index contributed by atoms with van der Waals surface area (Å²) in [4.78, 5) is 0. The van der Waals surface area contributed by atoms with Gasteiger partial charge in [0, 0.05) is 30.4 Å². The number of nitriles is 1. The van der Waals surface area contributed by atoms with E-state index in [0.29, 0.717) is 5.56 Å². The van der Waals surface area contributed by atoms with Crippen LogP contribution in [0.1, 0.15) is 25.8 Å². The molecule has 0 aliphatic carbocycles. The fourth-order valence-corrected chi connectivity index (χ4v) is 2.05. The van der Waals surface area contributed by atoms with Gasteiger partial charge in [-0.2, -0.15) is 5.26 Å². The van der Waals surface area contributed by atoms with Crippen LogP contribution in [0, 0.1) is 16.7 Å². The molecule has 0 atom stereocenters. The van der Waals surface area contributed by atoms with Crippen molar-refractivity contribution < 1.29 is 4.74 Å². The third kappa shape index (κ3) is 4.67. The lowest BCUT2D eigenvalue weighted by Gasteiger charge is -2.25. The van der Waals surface area contributed by atoms with Gasteiger partial charge in [0.15, 0.2) is 0 Å². The first-order valence-electron chi connectivity index (χ1n) is 5.91. The van der Waals surface area contributed by atoms with Crippen molar-refractivity contribution in [2.75, 3.05) is 25.6 Å². The third-order valence-electron chi connectivity index (χ3n) is 2.84. The van der Waals surface area contributed by atoms with Crippen LogP contribution in [-0.2, 0) is 4.74 Å². The van der Waals surface area contributed by atoms with E-state index < -0.39 is 0 Å². The number of anilines is 1. The van der Waals surface area contributed by atoms with E-state index in [1.165, 1.54) is 0 Å². The van der Waals surface area contributed by atoms with Gasteiger partial charge in [0.2, 0.25) is 0 Å². The summed E-state index contributed by atoms with van der Waals surface area (Å²) in [6.45, 7) is 6.04. The number of nitrogens with zero attached hydrogens (tertiary/aromatic N) is 1. The molecule has 3 nitrogen and oxygen atoms in total. The highest BCUT2D eigenvalue weighted by Gasteiger charge is 2.17. The third-order valence-corrected chi connectivity index (χ3v) is 3.49. The number of halogens is 1. The Bertz CT molecular complexity index is 438. The van der Waals surface area contributed by atoms with Crippen LogP contribution in [0.2, 0.25) is 0 Å². The second kappa shape index (κ2) is 6.77. The van der Waals surface area contributed by atoms with E-state index in [9.17, 15) is 0 Å². The predicted octanol–water partition coefficient (Wildman–Crippen LogP) is 3.80. The smallest absolute Gasteiger partial charge is 0.0992 e. The lowest BCUT2D eigenvalue weighted by atomic mass is 9.89. The average molecular weight is 311 g/mol. The molecule has 0 aromatic heterocycles. The molecule has 0 saturated heterocycles. The van der Waals surface area contributed by atoms with Crippen molar-refractivity contribution in [3.05, 3.63) is 28.2 Å². The molecule has 18 heavy (non-hydrogen) atoms. The maximum atomic E-state index is 8.80. The zero-order valence-electron chi connectivity index (χ0n) is 11.1. The van der Waals surface area contributed by atoms with E-state index >= 15 is 0 Å². The molecular weight excluding hydrogens is 292 g/mol. The summed E-state index contributed by atoms with van der Waals surface area (Å²) < 4.78 is 6.03. The van der Waals surface area contributed by atoms with Crippen LogP contribution >= 0.6 is 15.9 Å². The minimum Gasteiger partial charge on any atom is -0.385 e. The summed E-state index contributed by atoms with van der Waals surface area (Å²) in [6, 6.07) is 7.69. The van der Waals surface area contributed by atoms with Gasteiger partial charge >= 0.3 is 0 Å². The molecule has 1 N–H and O–H groups in total. The van der Waals surface area contributed by atoms with Gasteiger partial charge in [-0.15, -0.1) is 0 Å². The van der Waals surface area contributed by atoms with Crippen molar-refractivity contribution in [3.63, 3.8) is 0 Å². The van der Waals surface area contributed by atoms with Gasteiger partial charge in [0.1, 0.15) is 0 Å². The van der Waals surface area contributed by atoms with Crippen molar-refractivity contribution >= 4 is 21.6 Å². The molecule has 1 aromatic carbocycles. The normalized spacial score (nSPS) is 11.1. The molecule has 0 fully saturated rings. The van der Waals surface area contributed by atoms with Gasteiger partial charge in [0.05, 0.1) is 11.6 Å². The molecule has 1 aromatic rings. The predicted molar refractivity (Wildman–Crippen MR) is 77.6 cm³/mol. The Kier molecular flexibility index (Phi) is 5.64. The summed E-state index contributed by atoms with van der Waals surface area (Å²) in [5, 5.41) is 12.2. The first-order valence-corrected chi connectivity index (χ1v) is 6.70. The summed E-state index contributed by atoms with van der Waals surface area (Å²) in [7, 11) is 1.72. The first-order chi connectivity index (χ1) is 8.48. The van der Waals surface area contributed by atoms with Gasteiger partial charge in [-0.25, -0.2) is 0 Å². The molecule has 98 valence electrons. The SMILES string of the molecule is COCCC(C)(C)CNc1ccc(C#N)cc1Br. The molecule has 4 heteroatoms. The fourth-order valence-electron chi connectivity index (χ4n) is 1.53. The van der Waals surface area contributed by atoms with E-state index in [-0.39, 0.29) is 5.41 Å². The van der Waals surface area contributed by atoms with Crippen LogP contribution < -0.4 is 5.32 Å². The van der Waals surface area contributed by atoms with E-state index in [4.69, 9.17) is 10.00 Å². The van der Waals surface area contributed by atoms with E-state index in [1.54, 1.807) is 7.11 Å². The number of hydrogen-bond donors (Lipinski definition) is 1. The molecule has 0 spiro atoms. The Morgan fingerprint density at radius 1 is 1.44 bits per heavy atom. The van der Waals surface area contributed by atoms with Crippen molar-refractivity contribution in [2.45, 2.75) is 20.3 Å². The molecule has 0 radical (unpaired) electrons. The maximum Gasteiger partial charge on any atom is 0.0992 e. The fraction of sp³-hybridized carbons (Fsp3) is 0.500. The molecule has 0 bridgehead atoms. The Labute approximate surface area is 117 Å². The number of methoxy groups -OCH3 is 1. The Hall–Kier alpha value is -1.05.